The van der Waals surface area contributed by atoms with Gasteiger partial charge in [-0.3, -0.25) is 4.79 Å². The molecule has 124 valence electrons. The summed E-state index contributed by atoms with van der Waals surface area (Å²) in [6.07, 6.45) is 0.486. The number of thiophene rings is 1. The smallest absolute Gasteiger partial charge is 0.281 e. The number of rotatable bonds is 3. The summed E-state index contributed by atoms with van der Waals surface area (Å²) in [5, 5.41) is 6.27. The van der Waals surface area contributed by atoms with E-state index in [2.05, 4.69) is 10.5 Å². The van der Waals surface area contributed by atoms with Gasteiger partial charge < -0.3 is 4.74 Å². The van der Waals surface area contributed by atoms with Crippen LogP contribution in [0.15, 0.2) is 77.2 Å². The van der Waals surface area contributed by atoms with Crippen LogP contribution < -0.4 is 10.2 Å². The van der Waals surface area contributed by atoms with E-state index >= 15 is 0 Å². The Kier molecular flexibility index (Phi) is 4.31. The van der Waals surface area contributed by atoms with E-state index in [1.165, 1.54) is 11.3 Å². The summed E-state index contributed by atoms with van der Waals surface area (Å²) in [4.78, 5) is 12.8. The number of carbonyl (C=O) groups excluding carboxylic acids is 1. The maximum Gasteiger partial charge on any atom is 0.281 e. The minimum Gasteiger partial charge on any atom is -0.485 e. The first-order chi connectivity index (χ1) is 12.3. The molecule has 1 aliphatic rings. The zero-order valence-corrected chi connectivity index (χ0v) is 14.2. The van der Waals surface area contributed by atoms with Crippen LogP contribution in [0.25, 0.3) is 0 Å². The van der Waals surface area contributed by atoms with Gasteiger partial charge in [0.15, 0.2) is 0 Å². The van der Waals surface area contributed by atoms with Crippen molar-refractivity contribution in [1.29, 1.82) is 0 Å². The molecule has 1 unspecified atom stereocenters. The van der Waals surface area contributed by atoms with Gasteiger partial charge in [-0.2, -0.15) is 5.10 Å². The summed E-state index contributed by atoms with van der Waals surface area (Å²) in [6, 6.07) is 21.5. The minimum absolute atomic E-state index is 0.117. The molecule has 2 heterocycles. The fourth-order valence-corrected chi connectivity index (χ4v) is 3.44. The Morgan fingerprint density at radius 3 is 2.64 bits per heavy atom. The van der Waals surface area contributed by atoms with Crippen molar-refractivity contribution >= 4 is 23.0 Å². The first kappa shape index (κ1) is 15.6. The van der Waals surface area contributed by atoms with Gasteiger partial charge >= 0.3 is 0 Å². The standard InChI is InChI=1S/C20H16N2O2S/c23-20(19-11-6-12-25-19)22-21-16-13-18(14-7-2-1-3-8-14)24-17-10-5-4-9-15(16)17/h1-12,18H,13H2,(H,22,23). The van der Waals surface area contributed by atoms with Crippen LogP contribution in [0.3, 0.4) is 0 Å². The molecule has 5 heteroatoms. The minimum atomic E-state index is -0.192. The lowest BCUT2D eigenvalue weighted by atomic mass is 9.96. The second-order valence-corrected chi connectivity index (χ2v) is 6.64. The van der Waals surface area contributed by atoms with E-state index in [-0.39, 0.29) is 12.0 Å². The average Bonchev–Trinajstić information content (AvgIpc) is 3.21. The van der Waals surface area contributed by atoms with E-state index in [9.17, 15) is 4.79 Å². The maximum atomic E-state index is 12.2. The van der Waals surface area contributed by atoms with Crippen molar-refractivity contribution in [3.63, 3.8) is 0 Å². The van der Waals surface area contributed by atoms with Crippen LogP contribution >= 0.6 is 11.3 Å². The Labute approximate surface area is 149 Å². The fraction of sp³-hybridized carbons (Fsp3) is 0.100. The molecule has 4 nitrogen and oxygen atoms in total. The molecule has 1 atom stereocenters. The normalized spacial score (nSPS) is 17.6. The first-order valence-electron chi connectivity index (χ1n) is 8.02. The predicted molar refractivity (Wildman–Crippen MR) is 99.2 cm³/mol. The number of hydrogen-bond acceptors (Lipinski definition) is 4. The molecular weight excluding hydrogens is 332 g/mol. The number of benzene rings is 2. The van der Waals surface area contributed by atoms with Crippen LogP contribution in [-0.4, -0.2) is 11.6 Å². The topological polar surface area (TPSA) is 50.7 Å². The van der Waals surface area contributed by atoms with E-state index < -0.39 is 0 Å². The molecule has 0 saturated carbocycles. The lowest BCUT2D eigenvalue weighted by Gasteiger charge is -2.27. The second kappa shape index (κ2) is 6.91. The molecule has 1 aromatic heterocycles. The van der Waals surface area contributed by atoms with Crippen molar-refractivity contribution in [2.75, 3.05) is 0 Å². The van der Waals surface area contributed by atoms with Gasteiger partial charge in [0, 0.05) is 12.0 Å². The highest BCUT2D eigenvalue weighted by molar-refractivity contribution is 7.12. The van der Waals surface area contributed by atoms with Crippen molar-refractivity contribution in [2.24, 2.45) is 5.10 Å². The summed E-state index contributed by atoms with van der Waals surface area (Å²) >= 11 is 1.39. The van der Waals surface area contributed by atoms with Gasteiger partial charge in [-0.15, -0.1) is 11.3 Å². The van der Waals surface area contributed by atoms with Crippen LogP contribution in [0.4, 0.5) is 0 Å². The first-order valence-corrected chi connectivity index (χ1v) is 8.90. The van der Waals surface area contributed by atoms with Gasteiger partial charge in [0.25, 0.3) is 5.91 Å². The van der Waals surface area contributed by atoms with Crippen molar-refractivity contribution < 1.29 is 9.53 Å². The van der Waals surface area contributed by atoms with Crippen LogP contribution in [0.1, 0.15) is 33.3 Å². The summed E-state index contributed by atoms with van der Waals surface area (Å²) in [5.74, 6) is 0.592. The number of hydrazone groups is 1. The van der Waals surface area contributed by atoms with Gasteiger partial charge in [-0.05, 0) is 29.1 Å². The number of para-hydroxylation sites is 1. The average molecular weight is 348 g/mol. The van der Waals surface area contributed by atoms with Gasteiger partial charge in [-0.1, -0.05) is 48.5 Å². The highest BCUT2D eigenvalue weighted by Gasteiger charge is 2.26. The molecule has 1 N–H and O–H groups in total. The van der Waals surface area contributed by atoms with Gasteiger partial charge in [-0.25, -0.2) is 5.43 Å². The molecule has 0 bridgehead atoms. The molecule has 0 saturated heterocycles. The lowest BCUT2D eigenvalue weighted by Crippen LogP contribution is -2.25. The van der Waals surface area contributed by atoms with Crippen LogP contribution in [-0.2, 0) is 0 Å². The zero-order chi connectivity index (χ0) is 17.1. The molecule has 1 amide bonds. The summed E-state index contributed by atoms with van der Waals surface area (Å²) in [5.41, 5.74) is 5.50. The molecule has 3 aromatic rings. The number of fused-ring (bicyclic) bond motifs is 1. The molecule has 4 rings (SSSR count). The molecule has 0 spiro atoms. The predicted octanol–water partition coefficient (Wildman–Crippen LogP) is 4.41. The number of nitrogens with zero attached hydrogens (tertiary/aromatic N) is 1. The number of carbonyl (C=O) groups is 1. The van der Waals surface area contributed by atoms with Crippen LogP contribution in [0.5, 0.6) is 5.75 Å². The molecule has 2 aromatic carbocycles. The number of hydrogen-bond donors (Lipinski definition) is 1. The largest absolute Gasteiger partial charge is 0.485 e. The molecular formula is C20H16N2O2S. The summed E-state index contributed by atoms with van der Waals surface area (Å²) in [6.45, 7) is 0. The Hall–Kier alpha value is -2.92. The van der Waals surface area contributed by atoms with Crippen molar-refractivity contribution in [2.45, 2.75) is 12.5 Å². The Morgan fingerprint density at radius 1 is 1.04 bits per heavy atom. The molecule has 0 aliphatic carbocycles. The second-order valence-electron chi connectivity index (χ2n) is 5.69. The number of nitrogens with one attached hydrogen (secondary N) is 1. The van der Waals surface area contributed by atoms with Crippen LogP contribution in [0.2, 0.25) is 0 Å². The molecule has 25 heavy (non-hydrogen) atoms. The van der Waals surface area contributed by atoms with E-state index in [1.807, 2.05) is 66.0 Å². The number of amides is 1. The zero-order valence-electron chi connectivity index (χ0n) is 13.4. The highest BCUT2D eigenvalue weighted by Crippen LogP contribution is 2.34. The summed E-state index contributed by atoms with van der Waals surface area (Å²) in [7, 11) is 0. The Bertz CT molecular complexity index is 904. The third kappa shape index (κ3) is 3.32. The molecule has 0 radical (unpaired) electrons. The van der Waals surface area contributed by atoms with Gasteiger partial charge in [0.05, 0.1) is 10.6 Å². The van der Waals surface area contributed by atoms with Crippen molar-refractivity contribution in [3.05, 3.63) is 88.1 Å². The van der Waals surface area contributed by atoms with Gasteiger partial charge in [0.1, 0.15) is 11.9 Å². The van der Waals surface area contributed by atoms with Crippen LogP contribution in [0, 0.1) is 0 Å². The van der Waals surface area contributed by atoms with Crippen molar-refractivity contribution in [1.82, 2.24) is 5.43 Å². The van der Waals surface area contributed by atoms with E-state index in [0.29, 0.717) is 11.3 Å². The highest BCUT2D eigenvalue weighted by atomic mass is 32.1. The fourth-order valence-electron chi connectivity index (χ4n) is 2.83. The summed E-state index contributed by atoms with van der Waals surface area (Å²) < 4.78 is 6.14. The SMILES string of the molecule is O=C(NN=C1CC(c2ccccc2)Oc2ccccc21)c1cccs1. The van der Waals surface area contributed by atoms with Crippen molar-refractivity contribution in [3.8, 4) is 5.75 Å². The monoisotopic (exact) mass is 348 g/mol. The molecule has 0 fully saturated rings. The maximum absolute atomic E-state index is 12.2. The van der Waals surface area contributed by atoms with E-state index in [1.54, 1.807) is 6.07 Å². The van der Waals surface area contributed by atoms with E-state index in [0.717, 1.165) is 22.6 Å². The Morgan fingerprint density at radius 2 is 1.84 bits per heavy atom. The molecule has 1 aliphatic heterocycles. The lowest BCUT2D eigenvalue weighted by molar-refractivity contribution is 0.0958. The van der Waals surface area contributed by atoms with E-state index in [4.69, 9.17) is 4.74 Å². The third-order valence-corrected chi connectivity index (χ3v) is 4.92. The Balaban J connectivity index is 1.63. The third-order valence-electron chi connectivity index (χ3n) is 4.05. The number of ether oxygens (including phenoxy) is 1. The van der Waals surface area contributed by atoms with Gasteiger partial charge in [0.2, 0.25) is 0 Å². The quantitative estimate of drug-likeness (QED) is 0.713.